The van der Waals surface area contributed by atoms with Crippen molar-refractivity contribution in [3.8, 4) is 0 Å². The molecule has 0 radical (unpaired) electrons. The minimum absolute atomic E-state index is 0.00740. The number of aryl methyl sites for hydroxylation is 3. The van der Waals surface area contributed by atoms with Crippen LogP contribution >= 0.6 is 0 Å². The van der Waals surface area contributed by atoms with Gasteiger partial charge in [-0.15, -0.1) is 0 Å². The van der Waals surface area contributed by atoms with Crippen molar-refractivity contribution in [2.75, 3.05) is 36.4 Å². The highest BCUT2D eigenvalue weighted by Crippen LogP contribution is 2.30. The maximum atomic E-state index is 13.2. The maximum absolute atomic E-state index is 13.2. The third kappa shape index (κ3) is 4.57. The maximum Gasteiger partial charge on any atom is 0.238 e. The van der Waals surface area contributed by atoms with Gasteiger partial charge in [-0.2, -0.15) is 0 Å². The first kappa shape index (κ1) is 20.6. The lowest BCUT2D eigenvalue weighted by molar-refractivity contribution is -0.124. The van der Waals surface area contributed by atoms with Crippen molar-refractivity contribution in [3.05, 3.63) is 59.2 Å². The molecular weight excluding hydrogens is 374 g/mol. The Labute approximate surface area is 179 Å². The van der Waals surface area contributed by atoms with Gasteiger partial charge in [-0.1, -0.05) is 24.3 Å². The third-order valence-electron chi connectivity index (χ3n) is 6.47. The lowest BCUT2D eigenvalue weighted by Crippen LogP contribution is -2.45. The highest BCUT2D eigenvalue weighted by Gasteiger charge is 2.31. The van der Waals surface area contributed by atoms with Crippen molar-refractivity contribution in [3.63, 3.8) is 0 Å². The number of likely N-dealkylation sites (tertiary alicyclic amines) is 1. The largest absolute Gasteiger partial charge is 0.325 e. The molecule has 0 bridgehead atoms. The number of para-hydroxylation sites is 1. The van der Waals surface area contributed by atoms with Crippen LogP contribution in [0.2, 0.25) is 0 Å². The predicted octanol–water partition coefficient (Wildman–Crippen LogP) is 3.93. The number of piperidine rings is 1. The topological polar surface area (TPSA) is 52.7 Å². The monoisotopic (exact) mass is 405 g/mol. The summed E-state index contributed by atoms with van der Waals surface area (Å²) in [5.74, 6) is 0.310. The molecule has 0 atom stereocenters. The van der Waals surface area contributed by atoms with E-state index in [4.69, 9.17) is 0 Å². The molecule has 0 spiro atoms. The number of amides is 2. The lowest BCUT2D eigenvalue weighted by Gasteiger charge is -2.36. The number of nitrogens with zero attached hydrogens (tertiary/aromatic N) is 2. The van der Waals surface area contributed by atoms with E-state index in [-0.39, 0.29) is 17.7 Å². The van der Waals surface area contributed by atoms with E-state index < -0.39 is 0 Å². The summed E-state index contributed by atoms with van der Waals surface area (Å²) in [6, 6.07) is 14.2. The highest BCUT2D eigenvalue weighted by molar-refractivity contribution is 5.96. The zero-order valence-corrected chi connectivity index (χ0v) is 18.0. The molecule has 1 saturated heterocycles. The van der Waals surface area contributed by atoms with Crippen LogP contribution in [-0.4, -0.2) is 42.9 Å². The normalized spacial score (nSPS) is 17.5. The van der Waals surface area contributed by atoms with Crippen molar-refractivity contribution in [2.24, 2.45) is 5.92 Å². The molecule has 5 heteroatoms. The van der Waals surface area contributed by atoms with Gasteiger partial charge in [-0.25, -0.2) is 0 Å². The zero-order chi connectivity index (χ0) is 21.1. The SMILES string of the molecule is Cc1ccc(NC(=O)CN2CCC(C(=O)N3CCCc4ccccc43)CC2)cc1C. The van der Waals surface area contributed by atoms with Gasteiger partial charge in [-0.3, -0.25) is 14.5 Å². The first-order valence-electron chi connectivity index (χ1n) is 11.0. The minimum atomic E-state index is 0.00740. The van der Waals surface area contributed by atoms with Crippen LogP contribution in [0.5, 0.6) is 0 Å². The molecule has 2 aromatic carbocycles. The molecule has 4 rings (SSSR count). The van der Waals surface area contributed by atoms with Gasteiger partial charge < -0.3 is 10.2 Å². The van der Waals surface area contributed by atoms with Gasteiger partial charge in [0.05, 0.1) is 6.54 Å². The average Bonchev–Trinajstić information content (AvgIpc) is 2.76. The van der Waals surface area contributed by atoms with Gasteiger partial charge in [0, 0.05) is 23.8 Å². The molecular formula is C25H31N3O2. The molecule has 1 fully saturated rings. The smallest absolute Gasteiger partial charge is 0.238 e. The number of hydrogen-bond donors (Lipinski definition) is 1. The molecule has 5 nitrogen and oxygen atoms in total. The summed E-state index contributed by atoms with van der Waals surface area (Å²) in [6.07, 6.45) is 3.71. The molecule has 2 aliphatic heterocycles. The van der Waals surface area contributed by atoms with Gasteiger partial charge >= 0.3 is 0 Å². The fraction of sp³-hybridized carbons (Fsp3) is 0.440. The molecule has 2 aromatic rings. The van der Waals surface area contributed by atoms with Crippen molar-refractivity contribution < 1.29 is 9.59 Å². The Morgan fingerprint density at radius 3 is 2.53 bits per heavy atom. The predicted molar refractivity (Wildman–Crippen MR) is 121 cm³/mol. The molecule has 0 aromatic heterocycles. The van der Waals surface area contributed by atoms with Crippen LogP contribution in [-0.2, 0) is 16.0 Å². The van der Waals surface area contributed by atoms with E-state index in [1.165, 1.54) is 16.7 Å². The first-order valence-corrected chi connectivity index (χ1v) is 11.0. The van der Waals surface area contributed by atoms with Crippen LogP contribution in [0.15, 0.2) is 42.5 Å². The fourth-order valence-electron chi connectivity index (χ4n) is 4.54. The number of carbonyl (C=O) groups excluding carboxylic acids is 2. The Morgan fingerprint density at radius 2 is 1.77 bits per heavy atom. The number of hydrogen-bond acceptors (Lipinski definition) is 3. The summed E-state index contributed by atoms with van der Waals surface area (Å²) in [4.78, 5) is 29.8. The molecule has 2 heterocycles. The summed E-state index contributed by atoms with van der Waals surface area (Å²) >= 11 is 0. The summed E-state index contributed by atoms with van der Waals surface area (Å²) in [7, 11) is 0. The van der Waals surface area contributed by atoms with E-state index in [1.807, 2.05) is 42.2 Å². The highest BCUT2D eigenvalue weighted by atomic mass is 16.2. The summed E-state index contributed by atoms with van der Waals surface area (Å²) in [5.41, 5.74) is 5.60. The second-order valence-electron chi connectivity index (χ2n) is 8.62. The number of rotatable bonds is 4. The summed E-state index contributed by atoms with van der Waals surface area (Å²) in [6.45, 7) is 6.87. The third-order valence-corrected chi connectivity index (χ3v) is 6.47. The van der Waals surface area contributed by atoms with Crippen molar-refractivity contribution >= 4 is 23.2 Å². The minimum Gasteiger partial charge on any atom is -0.325 e. The summed E-state index contributed by atoms with van der Waals surface area (Å²) in [5, 5.41) is 3.00. The Balaban J connectivity index is 1.29. The van der Waals surface area contributed by atoms with Crippen LogP contribution in [0.3, 0.4) is 0 Å². The van der Waals surface area contributed by atoms with E-state index >= 15 is 0 Å². The molecule has 2 aliphatic rings. The van der Waals surface area contributed by atoms with Crippen LogP contribution in [0, 0.1) is 19.8 Å². The Hall–Kier alpha value is -2.66. The van der Waals surface area contributed by atoms with E-state index in [9.17, 15) is 9.59 Å². The van der Waals surface area contributed by atoms with E-state index in [0.29, 0.717) is 6.54 Å². The van der Waals surface area contributed by atoms with E-state index in [2.05, 4.69) is 29.3 Å². The van der Waals surface area contributed by atoms with Crippen LogP contribution < -0.4 is 10.2 Å². The number of fused-ring (bicyclic) bond motifs is 1. The molecule has 1 N–H and O–H groups in total. The van der Waals surface area contributed by atoms with Gasteiger partial charge in [0.1, 0.15) is 0 Å². The first-order chi connectivity index (χ1) is 14.5. The second-order valence-corrected chi connectivity index (χ2v) is 8.62. The Bertz CT molecular complexity index is 932. The molecule has 30 heavy (non-hydrogen) atoms. The van der Waals surface area contributed by atoms with E-state index in [1.54, 1.807) is 0 Å². The standard InChI is InChI=1S/C25H31N3O2/c1-18-9-10-22(16-19(18)2)26-24(29)17-27-14-11-21(12-15-27)25(30)28-13-5-7-20-6-3-4-8-23(20)28/h3-4,6,8-10,16,21H,5,7,11-15,17H2,1-2H3,(H,26,29). The molecule has 0 aliphatic carbocycles. The average molecular weight is 406 g/mol. The lowest BCUT2D eigenvalue weighted by atomic mass is 9.93. The van der Waals surface area contributed by atoms with Crippen LogP contribution in [0.25, 0.3) is 0 Å². The second kappa shape index (κ2) is 9.00. The number of nitrogens with one attached hydrogen (secondary N) is 1. The summed E-state index contributed by atoms with van der Waals surface area (Å²) < 4.78 is 0. The van der Waals surface area contributed by atoms with Crippen molar-refractivity contribution in [1.29, 1.82) is 0 Å². The van der Waals surface area contributed by atoms with Crippen LogP contribution in [0.4, 0.5) is 11.4 Å². The number of carbonyl (C=O) groups is 2. The fourth-order valence-corrected chi connectivity index (χ4v) is 4.54. The zero-order valence-electron chi connectivity index (χ0n) is 18.0. The van der Waals surface area contributed by atoms with E-state index in [0.717, 1.165) is 56.7 Å². The Morgan fingerprint density at radius 1 is 1.00 bits per heavy atom. The van der Waals surface area contributed by atoms with Gasteiger partial charge in [0.2, 0.25) is 11.8 Å². The number of benzene rings is 2. The van der Waals surface area contributed by atoms with Crippen LogP contribution in [0.1, 0.15) is 36.0 Å². The molecule has 2 amide bonds. The number of anilines is 2. The molecule has 0 saturated carbocycles. The molecule has 158 valence electrons. The Kier molecular flexibility index (Phi) is 6.18. The van der Waals surface area contributed by atoms with Crippen molar-refractivity contribution in [1.82, 2.24) is 4.90 Å². The van der Waals surface area contributed by atoms with Gasteiger partial charge in [0.15, 0.2) is 0 Å². The van der Waals surface area contributed by atoms with Crippen molar-refractivity contribution in [2.45, 2.75) is 39.5 Å². The van der Waals surface area contributed by atoms with Gasteiger partial charge in [0.25, 0.3) is 0 Å². The van der Waals surface area contributed by atoms with Gasteiger partial charge in [-0.05, 0) is 87.5 Å². The molecule has 0 unspecified atom stereocenters. The quantitative estimate of drug-likeness (QED) is 0.838.